The molecule has 0 aromatic carbocycles. The van der Waals surface area contributed by atoms with Crippen LogP contribution in [0.3, 0.4) is 0 Å². The van der Waals surface area contributed by atoms with Crippen molar-refractivity contribution in [3.8, 4) is 5.88 Å². The Balaban J connectivity index is 2.50. The van der Waals surface area contributed by atoms with Crippen LogP contribution in [0.4, 0.5) is 4.79 Å². The fourth-order valence-electron chi connectivity index (χ4n) is 1.38. The number of hydrogen-bond donors (Lipinski definition) is 2. The minimum absolute atomic E-state index is 0.171. The Morgan fingerprint density at radius 1 is 1.50 bits per heavy atom. The first kappa shape index (κ1) is 14.3. The predicted molar refractivity (Wildman–Crippen MR) is 70.5 cm³/mol. The first-order valence-electron chi connectivity index (χ1n) is 6.28. The fraction of sp³-hybridized carbons (Fsp3) is 0.538. The molecule has 0 saturated heterocycles. The largest absolute Gasteiger partial charge is 0.478 e. The van der Waals surface area contributed by atoms with Crippen molar-refractivity contribution in [1.82, 2.24) is 15.6 Å². The summed E-state index contributed by atoms with van der Waals surface area (Å²) >= 11 is 0. The van der Waals surface area contributed by atoms with Crippen LogP contribution in [0.5, 0.6) is 5.88 Å². The summed E-state index contributed by atoms with van der Waals surface area (Å²) in [4.78, 5) is 15.7. The summed E-state index contributed by atoms with van der Waals surface area (Å²) in [5, 5.41) is 5.63. The molecule has 1 aromatic heterocycles. The maximum Gasteiger partial charge on any atom is 0.315 e. The fourth-order valence-corrected chi connectivity index (χ4v) is 1.38. The van der Waals surface area contributed by atoms with Crippen molar-refractivity contribution in [3.05, 3.63) is 23.9 Å². The van der Waals surface area contributed by atoms with E-state index in [2.05, 4.69) is 15.6 Å². The van der Waals surface area contributed by atoms with Gasteiger partial charge < -0.3 is 15.4 Å². The lowest BCUT2D eigenvalue weighted by atomic mass is 10.2. The lowest BCUT2D eigenvalue weighted by molar-refractivity contribution is 0.237. The van der Waals surface area contributed by atoms with Gasteiger partial charge in [0.2, 0.25) is 5.88 Å². The number of urea groups is 1. The number of amides is 2. The summed E-state index contributed by atoms with van der Waals surface area (Å²) in [6.07, 6.45) is 2.58. The molecule has 2 amide bonds. The number of carbonyl (C=O) groups is 1. The van der Waals surface area contributed by atoms with E-state index in [0.29, 0.717) is 19.0 Å². The van der Waals surface area contributed by atoms with Gasteiger partial charge in [-0.1, -0.05) is 13.0 Å². The summed E-state index contributed by atoms with van der Waals surface area (Å²) in [6, 6.07) is 3.72. The number of rotatable bonds is 6. The van der Waals surface area contributed by atoms with Gasteiger partial charge in [0.05, 0.1) is 6.61 Å². The van der Waals surface area contributed by atoms with Crippen LogP contribution < -0.4 is 15.4 Å². The molecule has 5 nitrogen and oxygen atoms in total. The van der Waals surface area contributed by atoms with Crippen LogP contribution in [0, 0.1) is 0 Å². The van der Waals surface area contributed by atoms with Gasteiger partial charge in [0.1, 0.15) is 0 Å². The molecule has 1 atom stereocenters. The molecule has 1 aromatic rings. The van der Waals surface area contributed by atoms with Gasteiger partial charge in [-0.3, -0.25) is 0 Å². The maximum atomic E-state index is 11.6. The summed E-state index contributed by atoms with van der Waals surface area (Å²) in [5.41, 5.74) is 0.874. The molecule has 1 heterocycles. The summed E-state index contributed by atoms with van der Waals surface area (Å²) in [6.45, 7) is 6.87. The number of nitrogens with zero attached hydrogens (tertiary/aromatic N) is 1. The number of aromatic nitrogens is 1. The van der Waals surface area contributed by atoms with Gasteiger partial charge in [-0.15, -0.1) is 0 Å². The molecule has 0 spiro atoms. The van der Waals surface area contributed by atoms with E-state index in [9.17, 15) is 4.79 Å². The molecule has 1 rings (SSSR count). The smallest absolute Gasteiger partial charge is 0.315 e. The van der Waals surface area contributed by atoms with Crippen LogP contribution in [-0.4, -0.2) is 23.7 Å². The quantitative estimate of drug-likeness (QED) is 0.813. The highest BCUT2D eigenvalue weighted by Gasteiger charge is 2.07. The third kappa shape index (κ3) is 4.61. The van der Waals surface area contributed by atoms with Crippen molar-refractivity contribution < 1.29 is 9.53 Å². The highest BCUT2D eigenvalue weighted by Crippen LogP contribution is 2.13. The Kier molecular flexibility index (Phi) is 5.97. The van der Waals surface area contributed by atoms with E-state index in [4.69, 9.17) is 4.74 Å². The van der Waals surface area contributed by atoms with Crippen LogP contribution in [0.15, 0.2) is 18.3 Å². The van der Waals surface area contributed by atoms with Crippen molar-refractivity contribution in [3.63, 3.8) is 0 Å². The lowest BCUT2D eigenvalue weighted by Gasteiger charge is -2.13. The zero-order valence-corrected chi connectivity index (χ0v) is 11.2. The van der Waals surface area contributed by atoms with Gasteiger partial charge in [0.15, 0.2) is 0 Å². The molecule has 0 aliphatic heterocycles. The highest BCUT2D eigenvalue weighted by atomic mass is 16.5. The van der Waals surface area contributed by atoms with E-state index in [1.807, 2.05) is 32.9 Å². The molecule has 0 fully saturated rings. The Labute approximate surface area is 108 Å². The van der Waals surface area contributed by atoms with Crippen LogP contribution >= 0.6 is 0 Å². The first-order valence-corrected chi connectivity index (χ1v) is 6.28. The highest BCUT2D eigenvalue weighted by molar-refractivity contribution is 5.74. The van der Waals surface area contributed by atoms with Gasteiger partial charge in [-0.05, 0) is 26.3 Å². The Morgan fingerprint density at radius 2 is 2.28 bits per heavy atom. The lowest BCUT2D eigenvalue weighted by Crippen LogP contribution is -2.40. The number of ether oxygens (including phenoxy) is 1. The molecule has 0 bridgehead atoms. The summed E-state index contributed by atoms with van der Waals surface area (Å²) in [7, 11) is 0. The summed E-state index contributed by atoms with van der Waals surface area (Å²) < 4.78 is 5.39. The Hall–Kier alpha value is -1.78. The van der Waals surface area contributed by atoms with Gasteiger partial charge in [0, 0.05) is 24.3 Å². The van der Waals surface area contributed by atoms with Gasteiger partial charge >= 0.3 is 6.03 Å². The topological polar surface area (TPSA) is 63.2 Å². The number of hydrogen-bond acceptors (Lipinski definition) is 3. The molecule has 5 heteroatoms. The van der Waals surface area contributed by atoms with E-state index in [1.165, 1.54) is 0 Å². The van der Waals surface area contributed by atoms with Gasteiger partial charge in [0.25, 0.3) is 0 Å². The van der Waals surface area contributed by atoms with Crippen LogP contribution in [0.1, 0.15) is 32.8 Å². The normalized spacial score (nSPS) is 11.7. The van der Waals surface area contributed by atoms with Crippen LogP contribution in [-0.2, 0) is 6.54 Å². The molecule has 0 aliphatic rings. The molecule has 0 unspecified atom stereocenters. The average molecular weight is 251 g/mol. The van der Waals surface area contributed by atoms with Gasteiger partial charge in [-0.2, -0.15) is 0 Å². The summed E-state index contributed by atoms with van der Waals surface area (Å²) in [5.74, 6) is 0.573. The van der Waals surface area contributed by atoms with Crippen molar-refractivity contribution in [2.75, 3.05) is 6.61 Å². The molecular weight excluding hydrogens is 230 g/mol. The second kappa shape index (κ2) is 7.53. The maximum absolute atomic E-state index is 11.6. The SMILES string of the molecule is CCOc1ncccc1CNC(=O)N[C@H](C)CC. The van der Waals surface area contributed by atoms with E-state index in [0.717, 1.165) is 12.0 Å². The van der Waals surface area contributed by atoms with Gasteiger partial charge in [-0.25, -0.2) is 9.78 Å². The number of carbonyl (C=O) groups excluding carboxylic acids is 1. The van der Waals surface area contributed by atoms with E-state index in [1.54, 1.807) is 6.20 Å². The predicted octanol–water partition coefficient (Wildman–Crippen LogP) is 2.08. The van der Waals surface area contributed by atoms with Crippen LogP contribution in [0.25, 0.3) is 0 Å². The van der Waals surface area contributed by atoms with Crippen molar-refractivity contribution in [1.29, 1.82) is 0 Å². The minimum Gasteiger partial charge on any atom is -0.478 e. The Bertz CT molecular complexity index is 382. The number of nitrogens with one attached hydrogen (secondary N) is 2. The zero-order chi connectivity index (χ0) is 13.4. The second-order valence-electron chi connectivity index (χ2n) is 4.04. The second-order valence-corrected chi connectivity index (χ2v) is 4.04. The third-order valence-corrected chi connectivity index (χ3v) is 2.56. The van der Waals surface area contributed by atoms with E-state index < -0.39 is 0 Å². The zero-order valence-electron chi connectivity index (χ0n) is 11.2. The van der Waals surface area contributed by atoms with Crippen molar-refractivity contribution >= 4 is 6.03 Å². The average Bonchev–Trinajstić information content (AvgIpc) is 2.38. The van der Waals surface area contributed by atoms with E-state index >= 15 is 0 Å². The molecule has 0 aliphatic carbocycles. The third-order valence-electron chi connectivity index (χ3n) is 2.56. The first-order chi connectivity index (χ1) is 8.67. The monoisotopic (exact) mass is 251 g/mol. The molecule has 0 saturated carbocycles. The molecular formula is C13H21N3O2. The molecule has 2 N–H and O–H groups in total. The molecule has 0 radical (unpaired) electrons. The molecule has 100 valence electrons. The van der Waals surface area contributed by atoms with E-state index in [-0.39, 0.29) is 12.1 Å². The molecule has 18 heavy (non-hydrogen) atoms. The van der Waals surface area contributed by atoms with Crippen molar-refractivity contribution in [2.24, 2.45) is 0 Å². The van der Waals surface area contributed by atoms with Crippen LogP contribution in [0.2, 0.25) is 0 Å². The Morgan fingerprint density at radius 3 is 2.94 bits per heavy atom. The van der Waals surface area contributed by atoms with Crippen molar-refractivity contribution in [2.45, 2.75) is 39.8 Å². The standard InChI is InChI=1S/C13H21N3O2/c1-4-10(3)16-13(17)15-9-11-7-6-8-14-12(11)18-5-2/h6-8,10H,4-5,9H2,1-3H3,(H2,15,16,17)/t10-/m1/s1. The minimum atomic E-state index is -0.171. The number of pyridine rings is 1.